The van der Waals surface area contributed by atoms with E-state index >= 15 is 0 Å². The van der Waals surface area contributed by atoms with Gasteiger partial charge in [-0.2, -0.15) is 11.8 Å². The Morgan fingerprint density at radius 1 is 1.43 bits per heavy atom. The van der Waals surface area contributed by atoms with Gasteiger partial charge in [-0.3, -0.25) is 9.20 Å². The monoisotopic (exact) mass is 346 g/mol. The smallest absolute Gasteiger partial charge is 0.252 e. The van der Waals surface area contributed by atoms with Gasteiger partial charge in [-0.15, -0.1) is 21.5 Å². The fourth-order valence-electron chi connectivity index (χ4n) is 2.40. The van der Waals surface area contributed by atoms with E-state index in [1.54, 1.807) is 23.1 Å². The normalized spacial score (nSPS) is 12.4. The van der Waals surface area contributed by atoms with Crippen molar-refractivity contribution in [3.8, 4) is 0 Å². The van der Waals surface area contributed by atoms with Gasteiger partial charge >= 0.3 is 0 Å². The van der Waals surface area contributed by atoms with Crippen LogP contribution in [0.5, 0.6) is 0 Å². The van der Waals surface area contributed by atoms with E-state index in [1.165, 1.54) is 0 Å². The Kier molecular flexibility index (Phi) is 4.97. The number of hydrogen-bond acceptors (Lipinski definition) is 5. The van der Waals surface area contributed by atoms with Gasteiger partial charge in [0.1, 0.15) is 0 Å². The Morgan fingerprint density at radius 3 is 3.04 bits per heavy atom. The minimum Gasteiger partial charge on any atom is -0.342 e. The lowest BCUT2D eigenvalue weighted by Gasteiger charge is -2.16. The topological polar surface area (TPSA) is 59.3 Å². The van der Waals surface area contributed by atoms with Crippen LogP contribution in [0.4, 0.5) is 0 Å². The van der Waals surface area contributed by atoms with E-state index in [-0.39, 0.29) is 11.9 Å². The number of nitrogens with zero attached hydrogens (tertiary/aromatic N) is 3. The first-order valence-electron chi connectivity index (χ1n) is 7.33. The van der Waals surface area contributed by atoms with Gasteiger partial charge in [0.2, 0.25) is 0 Å². The van der Waals surface area contributed by atoms with Crippen molar-refractivity contribution in [1.82, 2.24) is 19.9 Å². The third-order valence-electron chi connectivity index (χ3n) is 3.56. The number of pyridine rings is 1. The van der Waals surface area contributed by atoms with Gasteiger partial charge in [0.05, 0.1) is 11.6 Å². The lowest BCUT2D eigenvalue weighted by atomic mass is 10.2. The Morgan fingerprint density at radius 2 is 2.30 bits per heavy atom. The van der Waals surface area contributed by atoms with E-state index < -0.39 is 0 Å². The maximum atomic E-state index is 12.5. The van der Waals surface area contributed by atoms with Crippen LogP contribution < -0.4 is 5.32 Å². The third-order valence-corrected chi connectivity index (χ3v) is 5.07. The molecule has 3 aromatic rings. The van der Waals surface area contributed by atoms with Gasteiger partial charge in [-0.1, -0.05) is 6.07 Å². The van der Waals surface area contributed by atoms with Crippen molar-refractivity contribution in [2.75, 3.05) is 12.0 Å². The van der Waals surface area contributed by atoms with Crippen LogP contribution in [-0.4, -0.2) is 32.5 Å². The Balaban J connectivity index is 1.87. The maximum absolute atomic E-state index is 12.5. The highest BCUT2D eigenvalue weighted by Gasteiger charge is 2.21. The maximum Gasteiger partial charge on any atom is 0.252 e. The zero-order valence-corrected chi connectivity index (χ0v) is 14.7. The Labute approximate surface area is 143 Å². The number of amides is 1. The number of hydrogen-bond donors (Lipinski definition) is 1. The summed E-state index contributed by atoms with van der Waals surface area (Å²) in [4.78, 5) is 13.6. The van der Waals surface area contributed by atoms with Crippen LogP contribution in [0.15, 0.2) is 35.8 Å². The van der Waals surface area contributed by atoms with Crippen LogP contribution in [0.3, 0.4) is 0 Å². The molecule has 0 saturated heterocycles. The average Bonchev–Trinajstić information content (AvgIpc) is 3.17. The molecule has 3 rings (SSSR count). The fourth-order valence-corrected chi connectivity index (χ4v) is 3.56. The van der Waals surface area contributed by atoms with Crippen molar-refractivity contribution in [3.05, 3.63) is 52.1 Å². The molecule has 0 fully saturated rings. The second-order valence-electron chi connectivity index (χ2n) is 5.24. The molecule has 0 unspecified atom stereocenters. The van der Waals surface area contributed by atoms with Gasteiger partial charge in [-0.25, -0.2) is 0 Å². The lowest BCUT2D eigenvalue weighted by Crippen LogP contribution is -2.30. The number of thioether (sulfide) groups is 1. The summed E-state index contributed by atoms with van der Waals surface area (Å²) in [5.41, 5.74) is 1.49. The first kappa shape index (κ1) is 16.0. The molecular formula is C16H18N4OS2. The molecule has 0 bridgehead atoms. The lowest BCUT2D eigenvalue weighted by molar-refractivity contribution is 0.0934. The second kappa shape index (κ2) is 7.14. The zero-order valence-electron chi connectivity index (χ0n) is 13.0. The molecule has 7 heteroatoms. The van der Waals surface area contributed by atoms with Crippen LogP contribution in [0.1, 0.15) is 33.5 Å². The first-order chi connectivity index (χ1) is 11.2. The molecule has 0 aromatic carbocycles. The van der Waals surface area contributed by atoms with Gasteiger partial charge in [-0.05, 0) is 43.6 Å². The molecule has 3 aromatic heterocycles. The molecule has 0 aliphatic heterocycles. The quantitative estimate of drug-likeness (QED) is 0.744. The van der Waals surface area contributed by atoms with E-state index in [1.807, 2.05) is 47.2 Å². The number of fused-ring (bicyclic) bond motifs is 1. The van der Waals surface area contributed by atoms with E-state index in [4.69, 9.17) is 0 Å². The van der Waals surface area contributed by atoms with Crippen molar-refractivity contribution < 1.29 is 4.79 Å². The zero-order chi connectivity index (χ0) is 16.2. The van der Waals surface area contributed by atoms with Crippen LogP contribution in [0, 0.1) is 6.92 Å². The second-order valence-corrected chi connectivity index (χ2v) is 7.34. The van der Waals surface area contributed by atoms with Crippen molar-refractivity contribution in [1.29, 1.82) is 0 Å². The van der Waals surface area contributed by atoms with Crippen molar-refractivity contribution in [2.24, 2.45) is 0 Å². The molecule has 1 amide bonds. The molecule has 1 N–H and O–H groups in total. The number of aromatic nitrogens is 3. The standard InChI is InChI=1S/C16H18N4OS2/c1-11-9-12(10-23-11)16(21)17-13(6-8-22-2)15-19-18-14-5-3-4-7-20(14)15/h3-5,7,9-10,13H,6,8H2,1-2H3,(H,17,21)/t13-/m0/s1. The summed E-state index contributed by atoms with van der Waals surface area (Å²) in [7, 11) is 0. The number of thiophene rings is 1. The molecule has 1 atom stereocenters. The summed E-state index contributed by atoms with van der Waals surface area (Å²) in [5, 5.41) is 13.5. The molecule has 23 heavy (non-hydrogen) atoms. The molecule has 120 valence electrons. The molecule has 0 saturated carbocycles. The van der Waals surface area contributed by atoms with Gasteiger partial charge < -0.3 is 5.32 Å². The first-order valence-corrected chi connectivity index (χ1v) is 9.61. The highest BCUT2D eigenvalue weighted by molar-refractivity contribution is 7.98. The van der Waals surface area contributed by atoms with Crippen LogP contribution in [-0.2, 0) is 0 Å². The van der Waals surface area contributed by atoms with Crippen LogP contribution in [0.2, 0.25) is 0 Å². The highest BCUT2D eigenvalue weighted by Crippen LogP contribution is 2.20. The third kappa shape index (κ3) is 3.56. The van der Waals surface area contributed by atoms with Crippen LogP contribution in [0.25, 0.3) is 5.65 Å². The predicted octanol–water partition coefficient (Wildman–Crippen LogP) is 3.32. The molecule has 5 nitrogen and oxygen atoms in total. The minimum atomic E-state index is -0.160. The summed E-state index contributed by atoms with van der Waals surface area (Å²) in [6.45, 7) is 2.00. The minimum absolute atomic E-state index is 0.0619. The van der Waals surface area contributed by atoms with E-state index in [9.17, 15) is 4.79 Å². The van der Waals surface area contributed by atoms with Gasteiger partial charge in [0, 0.05) is 16.5 Å². The molecule has 0 aliphatic rings. The molecule has 0 spiro atoms. The molecule has 0 radical (unpaired) electrons. The van der Waals surface area contributed by atoms with Crippen molar-refractivity contribution in [3.63, 3.8) is 0 Å². The molecule has 0 aliphatic carbocycles. The number of carbonyl (C=O) groups excluding carboxylic acids is 1. The fraction of sp³-hybridized carbons (Fsp3) is 0.312. The Bertz CT molecular complexity index is 811. The van der Waals surface area contributed by atoms with E-state index in [0.29, 0.717) is 5.56 Å². The van der Waals surface area contributed by atoms with Gasteiger partial charge in [0.15, 0.2) is 11.5 Å². The summed E-state index contributed by atoms with van der Waals surface area (Å²) >= 11 is 3.33. The van der Waals surface area contributed by atoms with Crippen molar-refractivity contribution >= 4 is 34.7 Å². The number of rotatable bonds is 6. The number of nitrogens with one attached hydrogen (secondary N) is 1. The summed E-state index contributed by atoms with van der Waals surface area (Å²) < 4.78 is 1.93. The van der Waals surface area contributed by atoms with Crippen LogP contribution >= 0.6 is 23.1 Å². The molecule has 3 heterocycles. The largest absolute Gasteiger partial charge is 0.342 e. The highest BCUT2D eigenvalue weighted by atomic mass is 32.2. The Hall–Kier alpha value is -1.86. The number of carbonyl (C=O) groups is 1. The van der Waals surface area contributed by atoms with E-state index in [2.05, 4.69) is 21.8 Å². The average molecular weight is 346 g/mol. The van der Waals surface area contributed by atoms with Crippen molar-refractivity contribution in [2.45, 2.75) is 19.4 Å². The SMILES string of the molecule is CSCC[C@H](NC(=O)c1csc(C)c1)c1nnc2ccccn12. The van der Waals surface area contributed by atoms with E-state index in [0.717, 1.165) is 28.5 Å². The number of aryl methyl sites for hydroxylation is 1. The predicted molar refractivity (Wildman–Crippen MR) is 95.2 cm³/mol. The summed E-state index contributed by atoms with van der Waals surface area (Å²) in [6.07, 6.45) is 4.80. The summed E-state index contributed by atoms with van der Waals surface area (Å²) in [6, 6.07) is 7.53. The van der Waals surface area contributed by atoms with Gasteiger partial charge in [0.25, 0.3) is 5.91 Å². The summed E-state index contributed by atoms with van der Waals surface area (Å²) in [5.74, 6) is 1.65. The molecular weight excluding hydrogens is 328 g/mol.